The summed E-state index contributed by atoms with van der Waals surface area (Å²) in [6.45, 7) is 11.8. The summed E-state index contributed by atoms with van der Waals surface area (Å²) in [6, 6.07) is 0. The van der Waals surface area contributed by atoms with Gasteiger partial charge in [-0.15, -0.1) is 0 Å². The third-order valence-corrected chi connectivity index (χ3v) is 2.82. The van der Waals surface area contributed by atoms with Crippen LogP contribution in [0.15, 0.2) is 12.7 Å². The molecular weight excluding hydrogens is 252 g/mol. The van der Waals surface area contributed by atoms with Crippen molar-refractivity contribution in [3.05, 3.63) is 12.7 Å². The number of rotatable bonds is 12. The zero-order valence-corrected chi connectivity index (χ0v) is 13.8. The third kappa shape index (κ3) is 22.4. The molecule has 0 aromatic carbocycles. The quantitative estimate of drug-likeness (QED) is 0.291. The highest BCUT2D eigenvalue weighted by Crippen LogP contribution is 2.08. The van der Waals surface area contributed by atoms with Crippen molar-refractivity contribution in [1.82, 2.24) is 0 Å². The van der Waals surface area contributed by atoms with Gasteiger partial charge in [0.05, 0.1) is 6.61 Å². The van der Waals surface area contributed by atoms with Crippen LogP contribution >= 0.6 is 0 Å². The highest BCUT2D eigenvalue weighted by Gasteiger charge is 1.95. The van der Waals surface area contributed by atoms with Crippen molar-refractivity contribution >= 4 is 5.97 Å². The summed E-state index contributed by atoms with van der Waals surface area (Å²) in [5.74, 6) is -0.307. The average Bonchev–Trinajstić information content (AvgIpc) is 2.46. The number of carbonyl (C=O) groups excluding carboxylic acids is 1. The number of hydrogen-bond acceptors (Lipinski definition) is 3. The topological polar surface area (TPSA) is 35.5 Å². The Kier molecular flexibility index (Phi) is 22.0. The molecule has 120 valence electrons. The van der Waals surface area contributed by atoms with E-state index in [1.54, 1.807) is 0 Å². The van der Waals surface area contributed by atoms with Crippen LogP contribution in [-0.2, 0) is 14.3 Å². The molecule has 20 heavy (non-hydrogen) atoms. The van der Waals surface area contributed by atoms with E-state index in [4.69, 9.17) is 9.47 Å². The van der Waals surface area contributed by atoms with Crippen LogP contribution in [0.25, 0.3) is 0 Å². The van der Waals surface area contributed by atoms with Crippen LogP contribution in [0.1, 0.15) is 72.1 Å². The second kappa shape index (κ2) is 20.5. The Balaban J connectivity index is 0. The van der Waals surface area contributed by atoms with E-state index in [-0.39, 0.29) is 5.97 Å². The summed E-state index contributed by atoms with van der Waals surface area (Å²) < 4.78 is 9.71. The molecule has 0 aromatic rings. The summed E-state index contributed by atoms with van der Waals surface area (Å²) in [5, 5.41) is 0. The molecule has 0 atom stereocenters. The van der Waals surface area contributed by atoms with Crippen molar-refractivity contribution in [2.45, 2.75) is 72.1 Å². The highest BCUT2D eigenvalue weighted by molar-refractivity contribution is 5.81. The van der Waals surface area contributed by atoms with Crippen LogP contribution in [0.4, 0.5) is 0 Å². The minimum absolute atomic E-state index is 0.307. The van der Waals surface area contributed by atoms with Gasteiger partial charge in [-0.05, 0) is 20.3 Å². The van der Waals surface area contributed by atoms with Gasteiger partial charge in [0.2, 0.25) is 0 Å². The van der Waals surface area contributed by atoms with Gasteiger partial charge < -0.3 is 9.47 Å². The minimum atomic E-state index is -0.307. The monoisotopic (exact) mass is 286 g/mol. The first-order valence-electron chi connectivity index (χ1n) is 8.09. The molecule has 0 N–H and O–H groups in total. The Labute approximate surface area is 125 Å². The zero-order chi connectivity index (χ0) is 15.5. The van der Waals surface area contributed by atoms with Crippen LogP contribution in [0.2, 0.25) is 0 Å². The maximum absolute atomic E-state index is 10.7. The van der Waals surface area contributed by atoms with Gasteiger partial charge in [-0.1, -0.05) is 58.4 Å². The Hall–Kier alpha value is -0.830. The fraction of sp³-hybridized carbons (Fsp3) is 0.824. The predicted octanol–water partition coefficient (Wildman–Crippen LogP) is 4.90. The Morgan fingerprint density at radius 3 is 1.80 bits per heavy atom. The SMILES string of the molecule is C=CC(=O)OCCCCCCCCCC.CCOCC. The minimum Gasteiger partial charge on any atom is -0.463 e. The predicted molar refractivity (Wildman–Crippen MR) is 85.9 cm³/mol. The van der Waals surface area contributed by atoms with Gasteiger partial charge >= 0.3 is 5.97 Å². The van der Waals surface area contributed by atoms with Gasteiger partial charge in [0.15, 0.2) is 0 Å². The molecule has 0 aromatic heterocycles. The van der Waals surface area contributed by atoms with Crippen LogP contribution in [-0.4, -0.2) is 25.8 Å². The molecule has 0 aliphatic rings. The molecule has 0 spiro atoms. The second-order valence-corrected chi connectivity index (χ2v) is 4.63. The first-order chi connectivity index (χ1) is 9.72. The van der Waals surface area contributed by atoms with Crippen LogP contribution in [0.5, 0.6) is 0 Å². The molecular formula is C17H34O3. The number of ether oxygens (including phenoxy) is 2. The van der Waals surface area contributed by atoms with Crippen molar-refractivity contribution in [2.24, 2.45) is 0 Å². The lowest BCUT2D eigenvalue weighted by Gasteiger charge is -2.02. The molecule has 0 fully saturated rings. The van der Waals surface area contributed by atoms with E-state index in [1.165, 1.54) is 44.6 Å². The molecule has 0 unspecified atom stereocenters. The molecule has 0 heterocycles. The third-order valence-electron chi connectivity index (χ3n) is 2.82. The van der Waals surface area contributed by atoms with Crippen LogP contribution < -0.4 is 0 Å². The number of carbonyl (C=O) groups is 1. The number of unbranched alkanes of at least 4 members (excludes halogenated alkanes) is 7. The van der Waals surface area contributed by atoms with Gasteiger partial charge in [-0.25, -0.2) is 4.79 Å². The molecule has 3 nitrogen and oxygen atoms in total. The Morgan fingerprint density at radius 1 is 0.900 bits per heavy atom. The molecule has 0 saturated carbocycles. The first kappa shape index (κ1) is 21.5. The van der Waals surface area contributed by atoms with Gasteiger partial charge in [0.25, 0.3) is 0 Å². The van der Waals surface area contributed by atoms with Crippen LogP contribution in [0.3, 0.4) is 0 Å². The lowest BCUT2D eigenvalue weighted by molar-refractivity contribution is -0.137. The normalized spacial score (nSPS) is 9.55. The standard InChI is InChI=1S/C13H24O2.C4H10O/c1-3-5-6-7-8-9-10-11-12-15-13(14)4-2;1-3-5-4-2/h4H,2-3,5-12H2,1H3;3-4H2,1-2H3. The lowest BCUT2D eigenvalue weighted by atomic mass is 10.1. The van der Waals surface area contributed by atoms with Gasteiger partial charge in [-0.3, -0.25) is 0 Å². The Morgan fingerprint density at radius 2 is 1.40 bits per heavy atom. The highest BCUT2D eigenvalue weighted by atomic mass is 16.5. The smallest absolute Gasteiger partial charge is 0.330 e. The largest absolute Gasteiger partial charge is 0.463 e. The van der Waals surface area contributed by atoms with E-state index in [0.29, 0.717) is 6.61 Å². The van der Waals surface area contributed by atoms with E-state index in [1.807, 2.05) is 13.8 Å². The van der Waals surface area contributed by atoms with Gasteiger partial charge in [-0.2, -0.15) is 0 Å². The summed E-state index contributed by atoms with van der Waals surface area (Å²) >= 11 is 0. The molecule has 3 heteroatoms. The van der Waals surface area contributed by atoms with E-state index in [2.05, 4.69) is 13.5 Å². The lowest BCUT2D eigenvalue weighted by Crippen LogP contribution is -2.01. The first-order valence-corrected chi connectivity index (χ1v) is 8.09. The molecule has 0 aliphatic carbocycles. The van der Waals surface area contributed by atoms with E-state index in [0.717, 1.165) is 26.1 Å². The maximum Gasteiger partial charge on any atom is 0.330 e. The van der Waals surface area contributed by atoms with Crippen molar-refractivity contribution in [2.75, 3.05) is 19.8 Å². The molecule has 0 amide bonds. The number of esters is 1. The summed E-state index contributed by atoms with van der Waals surface area (Å²) in [4.78, 5) is 10.7. The molecule has 0 bridgehead atoms. The average molecular weight is 286 g/mol. The summed E-state index contributed by atoms with van der Waals surface area (Å²) in [5.41, 5.74) is 0. The summed E-state index contributed by atoms with van der Waals surface area (Å²) in [7, 11) is 0. The number of hydrogen-bond donors (Lipinski definition) is 0. The van der Waals surface area contributed by atoms with Crippen molar-refractivity contribution < 1.29 is 14.3 Å². The van der Waals surface area contributed by atoms with Crippen molar-refractivity contribution in [3.8, 4) is 0 Å². The fourth-order valence-electron chi connectivity index (χ4n) is 1.67. The second-order valence-electron chi connectivity index (χ2n) is 4.63. The molecule has 0 rings (SSSR count). The van der Waals surface area contributed by atoms with Crippen LogP contribution in [0, 0.1) is 0 Å². The Bertz CT molecular complexity index is 200. The maximum atomic E-state index is 10.7. The van der Waals surface area contributed by atoms with Gasteiger partial charge in [0, 0.05) is 19.3 Å². The van der Waals surface area contributed by atoms with Gasteiger partial charge in [0.1, 0.15) is 0 Å². The van der Waals surface area contributed by atoms with E-state index in [9.17, 15) is 4.79 Å². The summed E-state index contributed by atoms with van der Waals surface area (Å²) in [6.07, 6.45) is 11.3. The molecule has 0 radical (unpaired) electrons. The van der Waals surface area contributed by atoms with E-state index < -0.39 is 0 Å². The molecule has 0 aliphatic heterocycles. The van der Waals surface area contributed by atoms with Crippen molar-refractivity contribution in [3.63, 3.8) is 0 Å². The van der Waals surface area contributed by atoms with Crippen molar-refractivity contribution in [1.29, 1.82) is 0 Å². The van der Waals surface area contributed by atoms with E-state index >= 15 is 0 Å². The zero-order valence-electron chi connectivity index (χ0n) is 13.8. The molecule has 0 saturated heterocycles. The fourth-order valence-corrected chi connectivity index (χ4v) is 1.67.